The molecule has 1 radical (unpaired) electrons. The van der Waals surface area contributed by atoms with Crippen molar-refractivity contribution in [1.82, 2.24) is 0 Å². The van der Waals surface area contributed by atoms with Crippen LogP contribution in [-0.2, 0) is 0 Å². The molecule has 1 aromatic rings. The minimum absolute atomic E-state index is 0.0806. The Balaban J connectivity index is 3.14. The van der Waals surface area contributed by atoms with Crippen molar-refractivity contribution in [3.63, 3.8) is 0 Å². The lowest BCUT2D eigenvalue weighted by molar-refractivity contribution is 0.635. The molecule has 0 fully saturated rings. The molecule has 0 amide bonds. The lowest BCUT2D eigenvalue weighted by Crippen LogP contribution is -2.39. The summed E-state index contributed by atoms with van der Waals surface area (Å²) in [5.74, 6) is -0.0806. The summed E-state index contributed by atoms with van der Waals surface area (Å²) in [6, 6.07) is 7.76. The lowest BCUT2D eigenvalue weighted by atomic mass is 10.3. The van der Waals surface area contributed by atoms with Crippen LogP contribution in [0.2, 0.25) is 19.6 Å². The molecule has 0 heterocycles. The molecule has 0 aliphatic rings. The smallest absolute Gasteiger partial charge is 0.122 e. The van der Waals surface area contributed by atoms with Crippen molar-refractivity contribution in [2.75, 3.05) is 0 Å². The largest absolute Gasteiger partial charge is 0.207 e. The monoisotopic (exact) mass is 167 g/mol. The minimum atomic E-state index is -1.48. The Bertz CT molecular complexity index is 250. The van der Waals surface area contributed by atoms with Gasteiger partial charge in [-0.05, 0) is 17.3 Å². The number of hydrogen-bond donors (Lipinski definition) is 0. The molecule has 0 unspecified atom stereocenters. The first-order chi connectivity index (χ1) is 5.02. The van der Waals surface area contributed by atoms with Crippen molar-refractivity contribution in [1.29, 1.82) is 0 Å². The van der Waals surface area contributed by atoms with E-state index in [1.165, 1.54) is 6.07 Å². The fourth-order valence-electron chi connectivity index (χ4n) is 0.986. The average Bonchev–Trinajstić information content (AvgIpc) is 1.86. The Kier molecular flexibility index (Phi) is 2.14. The molecule has 0 aliphatic carbocycles. The van der Waals surface area contributed by atoms with E-state index in [9.17, 15) is 4.39 Å². The Hall–Kier alpha value is -0.633. The van der Waals surface area contributed by atoms with Crippen LogP contribution < -0.4 is 5.19 Å². The molecule has 0 aliphatic heterocycles. The maximum atomic E-state index is 13.1. The van der Waals surface area contributed by atoms with Gasteiger partial charge in [0, 0.05) is 0 Å². The Labute approximate surface area is 68.1 Å². The molecule has 2 heteroatoms. The summed E-state index contributed by atoms with van der Waals surface area (Å²) < 4.78 is 13.1. The van der Waals surface area contributed by atoms with Gasteiger partial charge in [-0.15, -0.1) is 0 Å². The molecule has 59 valence electrons. The summed E-state index contributed by atoms with van der Waals surface area (Å²) >= 11 is 0. The first-order valence-corrected chi connectivity index (χ1v) is 7.18. The third-order valence-corrected chi connectivity index (χ3v) is 3.62. The molecule has 0 N–H and O–H groups in total. The maximum Gasteiger partial charge on any atom is 0.122 e. The van der Waals surface area contributed by atoms with Crippen LogP contribution in [0, 0.1) is 11.9 Å². The van der Waals surface area contributed by atoms with Crippen LogP contribution >= 0.6 is 0 Å². The van der Waals surface area contributed by atoms with Crippen LogP contribution in [0.4, 0.5) is 4.39 Å². The minimum Gasteiger partial charge on any atom is -0.207 e. The summed E-state index contributed by atoms with van der Waals surface area (Å²) in [6.45, 7) is 6.37. The van der Waals surface area contributed by atoms with Crippen LogP contribution in [0.15, 0.2) is 18.2 Å². The van der Waals surface area contributed by atoms with E-state index < -0.39 is 8.07 Å². The molecule has 11 heavy (non-hydrogen) atoms. The molecule has 1 aromatic carbocycles. The number of hydrogen-bond acceptors (Lipinski definition) is 0. The van der Waals surface area contributed by atoms with Crippen LogP contribution in [-0.4, -0.2) is 8.07 Å². The highest BCUT2D eigenvalue weighted by Gasteiger charge is 2.19. The summed E-state index contributed by atoms with van der Waals surface area (Å²) in [6.07, 6.45) is 0. The second-order valence-electron chi connectivity index (χ2n) is 3.66. The normalized spacial score (nSPS) is 11.6. The zero-order valence-electron chi connectivity index (χ0n) is 7.11. The predicted octanol–water partition coefficient (Wildman–Crippen LogP) is 2.17. The van der Waals surface area contributed by atoms with Crippen LogP contribution in [0.25, 0.3) is 0 Å². The predicted molar refractivity (Wildman–Crippen MR) is 48.2 cm³/mol. The molecule has 0 spiro atoms. The van der Waals surface area contributed by atoms with E-state index in [4.69, 9.17) is 0 Å². The van der Waals surface area contributed by atoms with E-state index >= 15 is 0 Å². The van der Waals surface area contributed by atoms with Gasteiger partial charge in [-0.1, -0.05) is 31.8 Å². The van der Waals surface area contributed by atoms with Crippen molar-refractivity contribution >= 4 is 13.3 Å². The van der Waals surface area contributed by atoms with Gasteiger partial charge in [0.15, 0.2) is 0 Å². The topological polar surface area (TPSA) is 0 Å². The Morgan fingerprint density at radius 2 is 2.00 bits per heavy atom. The second kappa shape index (κ2) is 2.78. The van der Waals surface area contributed by atoms with Crippen molar-refractivity contribution in [2.45, 2.75) is 19.6 Å². The Morgan fingerprint density at radius 3 is 2.36 bits per heavy atom. The highest BCUT2D eigenvalue weighted by atomic mass is 28.3. The van der Waals surface area contributed by atoms with E-state index in [-0.39, 0.29) is 5.82 Å². The number of benzene rings is 1. The van der Waals surface area contributed by atoms with E-state index in [1.807, 2.05) is 0 Å². The molecule has 0 bridgehead atoms. The van der Waals surface area contributed by atoms with E-state index in [0.29, 0.717) is 0 Å². The first-order valence-electron chi connectivity index (χ1n) is 3.68. The van der Waals surface area contributed by atoms with Crippen LogP contribution in [0.1, 0.15) is 0 Å². The highest BCUT2D eigenvalue weighted by Crippen LogP contribution is 2.04. The molecule has 0 nitrogen and oxygen atoms in total. The highest BCUT2D eigenvalue weighted by molar-refractivity contribution is 6.88. The van der Waals surface area contributed by atoms with Gasteiger partial charge in [0.25, 0.3) is 0 Å². The van der Waals surface area contributed by atoms with Gasteiger partial charge in [0.1, 0.15) is 5.82 Å². The number of halogens is 1. The van der Waals surface area contributed by atoms with Gasteiger partial charge in [0.05, 0.1) is 8.07 Å². The van der Waals surface area contributed by atoms with Crippen molar-refractivity contribution in [3.05, 3.63) is 30.1 Å². The zero-order valence-corrected chi connectivity index (χ0v) is 8.11. The summed E-state index contributed by atoms with van der Waals surface area (Å²) in [5.41, 5.74) is 0. The second-order valence-corrected chi connectivity index (χ2v) is 8.69. The van der Waals surface area contributed by atoms with Crippen molar-refractivity contribution < 1.29 is 4.39 Å². The summed E-state index contributed by atoms with van der Waals surface area (Å²) in [5, 5.41) is 0.861. The fourth-order valence-corrected chi connectivity index (χ4v) is 2.30. The van der Waals surface area contributed by atoms with Gasteiger partial charge in [-0.25, -0.2) is 4.39 Å². The van der Waals surface area contributed by atoms with Gasteiger partial charge in [-0.3, -0.25) is 0 Å². The third-order valence-electron chi connectivity index (χ3n) is 1.62. The molecule has 1 rings (SSSR count). The van der Waals surface area contributed by atoms with Gasteiger partial charge >= 0.3 is 0 Å². The molecule has 0 saturated heterocycles. The molecule has 0 atom stereocenters. The molecule has 0 saturated carbocycles. The summed E-state index contributed by atoms with van der Waals surface area (Å²) in [4.78, 5) is 0. The van der Waals surface area contributed by atoms with Crippen molar-refractivity contribution in [3.8, 4) is 0 Å². The van der Waals surface area contributed by atoms with Gasteiger partial charge in [-0.2, -0.15) is 0 Å². The standard InChI is InChI=1S/C9H12FSi/c1-11(2,3)9-7-5-4-6-8(9)10/h4,6-7H,1-3H3. The van der Waals surface area contributed by atoms with Crippen LogP contribution in [0.3, 0.4) is 0 Å². The SMILES string of the molecule is C[Si](C)(C)c1c[c]ccc1F. The molecule has 0 aromatic heterocycles. The van der Waals surface area contributed by atoms with E-state index in [2.05, 4.69) is 25.7 Å². The maximum absolute atomic E-state index is 13.1. The van der Waals surface area contributed by atoms with Gasteiger partial charge in [0.2, 0.25) is 0 Å². The zero-order chi connectivity index (χ0) is 8.48. The van der Waals surface area contributed by atoms with E-state index in [0.717, 1.165) is 5.19 Å². The fraction of sp³-hybridized carbons (Fsp3) is 0.333. The first kappa shape index (κ1) is 8.46. The van der Waals surface area contributed by atoms with Gasteiger partial charge < -0.3 is 0 Å². The van der Waals surface area contributed by atoms with Crippen LogP contribution in [0.5, 0.6) is 0 Å². The molecular formula is C9H12FSi. The quantitative estimate of drug-likeness (QED) is 0.562. The Morgan fingerprint density at radius 1 is 1.36 bits per heavy atom. The van der Waals surface area contributed by atoms with Crippen molar-refractivity contribution in [2.24, 2.45) is 0 Å². The summed E-state index contributed by atoms with van der Waals surface area (Å²) in [7, 11) is -1.48. The lowest BCUT2D eigenvalue weighted by Gasteiger charge is -2.16. The average molecular weight is 167 g/mol. The van der Waals surface area contributed by atoms with E-state index in [1.54, 1.807) is 12.1 Å². The third kappa shape index (κ3) is 1.90. The molecular weight excluding hydrogens is 155 g/mol. The number of rotatable bonds is 1.